The Morgan fingerprint density at radius 2 is 1.77 bits per heavy atom. The third-order valence-electron chi connectivity index (χ3n) is 3.47. The van der Waals surface area contributed by atoms with Gasteiger partial charge < -0.3 is 9.47 Å². The molecule has 3 rings (SSSR count). The predicted molar refractivity (Wildman–Crippen MR) is 81.1 cm³/mol. The average Bonchev–Trinajstić information content (AvgIpc) is 3.11. The van der Waals surface area contributed by atoms with Crippen molar-refractivity contribution in [3.05, 3.63) is 59.7 Å². The van der Waals surface area contributed by atoms with Gasteiger partial charge in [0.1, 0.15) is 0 Å². The van der Waals surface area contributed by atoms with Crippen LogP contribution in [0.15, 0.2) is 48.5 Å². The summed E-state index contributed by atoms with van der Waals surface area (Å²) in [6, 6.07) is 14.3. The van der Waals surface area contributed by atoms with Crippen molar-refractivity contribution in [1.82, 2.24) is 0 Å². The van der Waals surface area contributed by atoms with E-state index >= 15 is 0 Å². The fourth-order valence-corrected chi connectivity index (χ4v) is 2.44. The molecular formula is C17H15NO4. The maximum absolute atomic E-state index is 11.6. The molecule has 1 amide bonds. The molecule has 0 unspecified atom stereocenters. The van der Waals surface area contributed by atoms with Gasteiger partial charge in [-0.2, -0.15) is 0 Å². The summed E-state index contributed by atoms with van der Waals surface area (Å²) in [5.74, 6) is 0. The Bertz CT molecular complexity index is 680. The molecular weight excluding hydrogens is 282 g/mol. The minimum atomic E-state index is -0.408. The van der Waals surface area contributed by atoms with Gasteiger partial charge in [0.2, 0.25) is 6.41 Å². The number of anilines is 2. The predicted octanol–water partition coefficient (Wildman–Crippen LogP) is 2.84. The maximum atomic E-state index is 11.6. The summed E-state index contributed by atoms with van der Waals surface area (Å²) in [6.45, 7) is 1.11. The van der Waals surface area contributed by atoms with Gasteiger partial charge in [-0.25, -0.2) is 0 Å². The van der Waals surface area contributed by atoms with Gasteiger partial charge in [0.05, 0.1) is 18.9 Å². The Hall–Kier alpha value is -2.50. The average molecular weight is 297 g/mol. The summed E-state index contributed by atoms with van der Waals surface area (Å²) < 4.78 is 10.9. The second-order valence-corrected chi connectivity index (χ2v) is 4.82. The molecule has 0 bridgehead atoms. The summed E-state index contributed by atoms with van der Waals surface area (Å²) in [5, 5.41) is 0. The number of benzene rings is 2. The molecule has 5 nitrogen and oxygen atoms in total. The normalized spacial score (nSPS) is 14.7. The van der Waals surface area contributed by atoms with Gasteiger partial charge in [-0.3, -0.25) is 14.5 Å². The highest BCUT2D eigenvalue weighted by Gasteiger charge is 2.20. The van der Waals surface area contributed by atoms with E-state index in [1.165, 1.54) is 4.90 Å². The number of hydrogen-bond donors (Lipinski definition) is 0. The van der Waals surface area contributed by atoms with Gasteiger partial charge in [-0.15, -0.1) is 0 Å². The SMILES string of the molecule is O=Cc1ccccc1N(C=O)c1cccc(C2OCCO2)c1. The third-order valence-corrected chi connectivity index (χ3v) is 3.47. The van der Waals surface area contributed by atoms with Gasteiger partial charge in [0, 0.05) is 16.8 Å². The first-order chi connectivity index (χ1) is 10.8. The molecule has 2 aromatic carbocycles. The Kier molecular flexibility index (Phi) is 4.27. The van der Waals surface area contributed by atoms with Crippen LogP contribution in [0.5, 0.6) is 0 Å². The van der Waals surface area contributed by atoms with Crippen LogP contribution in [0.4, 0.5) is 11.4 Å². The molecule has 0 N–H and O–H groups in total. The van der Waals surface area contributed by atoms with Crippen LogP contribution < -0.4 is 4.90 Å². The number of para-hydroxylation sites is 1. The number of carbonyl (C=O) groups excluding carboxylic acids is 2. The summed E-state index contributed by atoms with van der Waals surface area (Å²) >= 11 is 0. The first-order valence-corrected chi connectivity index (χ1v) is 6.95. The first-order valence-electron chi connectivity index (χ1n) is 6.95. The van der Waals surface area contributed by atoms with Crippen molar-refractivity contribution < 1.29 is 19.1 Å². The van der Waals surface area contributed by atoms with Crippen molar-refractivity contribution >= 4 is 24.1 Å². The second kappa shape index (κ2) is 6.51. The van der Waals surface area contributed by atoms with Crippen LogP contribution >= 0.6 is 0 Å². The molecule has 2 aromatic rings. The number of hydrogen-bond acceptors (Lipinski definition) is 4. The summed E-state index contributed by atoms with van der Waals surface area (Å²) in [5.41, 5.74) is 2.48. The molecule has 22 heavy (non-hydrogen) atoms. The third kappa shape index (κ3) is 2.77. The fourth-order valence-electron chi connectivity index (χ4n) is 2.44. The molecule has 0 aromatic heterocycles. The van der Waals surface area contributed by atoms with Crippen LogP contribution in [0.1, 0.15) is 22.2 Å². The van der Waals surface area contributed by atoms with Crippen molar-refractivity contribution in [3.63, 3.8) is 0 Å². The van der Waals surface area contributed by atoms with E-state index in [1.54, 1.807) is 30.3 Å². The van der Waals surface area contributed by atoms with Crippen LogP contribution in [0.3, 0.4) is 0 Å². The largest absolute Gasteiger partial charge is 0.346 e. The molecule has 112 valence electrons. The maximum Gasteiger partial charge on any atom is 0.218 e. The molecule has 0 aliphatic carbocycles. The zero-order valence-corrected chi connectivity index (χ0v) is 11.8. The molecule has 5 heteroatoms. The van der Waals surface area contributed by atoms with Crippen molar-refractivity contribution in [1.29, 1.82) is 0 Å². The minimum absolute atomic E-state index is 0.408. The van der Waals surface area contributed by atoms with Crippen LogP contribution in [0.2, 0.25) is 0 Å². The second-order valence-electron chi connectivity index (χ2n) is 4.82. The molecule has 0 radical (unpaired) electrons. The van der Waals surface area contributed by atoms with Gasteiger partial charge in [-0.05, 0) is 24.3 Å². The molecule has 0 spiro atoms. The smallest absolute Gasteiger partial charge is 0.218 e. The van der Waals surface area contributed by atoms with Crippen molar-refractivity contribution in [3.8, 4) is 0 Å². The summed E-state index contributed by atoms with van der Waals surface area (Å²) in [6.07, 6.45) is 1.02. The van der Waals surface area contributed by atoms with E-state index in [9.17, 15) is 9.59 Å². The molecule has 1 aliphatic rings. The van der Waals surface area contributed by atoms with Crippen molar-refractivity contribution in [2.45, 2.75) is 6.29 Å². The number of aldehydes is 1. The molecule has 1 saturated heterocycles. The number of amides is 1. The molecule has 0 atom stereocenters. The van der Waals surface area contributed by atoms with Gasteiger partial charge in [-0.1, -0.05) is 24.3 Å². The standard InChI is InChI=1S/C17H15NO4/c19-11-14-4-1-2-7-16(14)18(12-20)15-6-3-5-13(10-15)17-21-8-9-22-17/h1-7,10-12,17H,8-9H2. The summed E-state index contributed by atoms with van der Waals surface area (Å²) in [7, 11) is 0. The van der Waals surface area contributed by atoms with E-state index in [-0.39, 0.29) is 0 Å². The topological polar surface area (TPSA) is 55.8 Å². The molecule has 1 fully saturated rings. The highest BCUT2D eigenvalue weighted by atomic mass is 16.7. The number of ether oxygens (including phenoxy) is 2. The van der Waals surface area contributed by atoms with Crippen LogP contribution in [0.25, 0.3) is 0 Å². The Labute approximate surface area is 128 Å². The van der Waals surface area contributed by atoms with Crippen molar-refractivity contribution in [2.24, 2.45) is 0 Å². The quantitative estimate of drug-likeness (QED) is 0.796. The van der Waals surface area contributed by atoms with Crippen LogP contribution in [-0.2, 0) is 14.3 Å². The van der Waals surface area contributed by atoms with Gasteiger partial charge in [0.15, 0.2) is 12.6 Å². The van der Waals surface area contributed by atoms with Gasteiger partial charge >= 0.3 is 0 Å². The number of rotatable bonds is 5. The van der Waals surface area contributed by atoms with E-state index < -0.39 is 6.29 Å². The van der Waals surface area contributed by atoms with Crippen LogP contribution in [-0.4, -0.2) is 25.9 Å². The lowest BCUT2D eigenvalue weighted by Gasteiger charge is -2.20. The van der Waals surface area contributed by atoms with Crippen LogP contribution in [0, 0.1) is 0 Å². The fraction of sp³-hybridized carbons (Fsp3) is 0.176. The van der Waals surface area contributed by atoms with Gasteiger partial charge in [0.25, 0.3) is 0 Å². The Morgan fingerprint density at radius 3 is 2.50 bits per heavy atom. The zero-order chi connectivity index (χ0) is 15.4. The number of carbonyl (C=O) groups is 2. The Morgan fingerprint density at radius 1 is 1.00 bits per heavy atom. The molecule has 1 heterocycles. The van der Waals surface area contributed by atoms with Crippen molar-refractivity contribution in [2.75, 3.05) is 18.1 Å². The monoisotopic (exact) mass is 297 g/mol. The number of nitrogens with zero attached hydrogens (tertiary/aromatic N) is 1. The van der Waals surface area contributed by atoms with E-state index in [4.69, 9.17) is 9.47 Å². The lowest BCUT2D eigenvalue weighted by Crippen LogP contribution is -2.16. The van der Waals surface area contributed by atoms with E-state index in [2.05, 4.69) is 0 Å². The molecule has 0 saturated carbocycles. The lowest BCUT2D eigenvalue weighted by atomic mass is 10.1. The highest BCUT2D eigenvalue weighted by Crippen LogP contribution is 2.30. The van der Waals surface area contributed by atoms with E-state index in [0.717, 1.165) is 11.8 Å². The Balaban J connectivity index is 1.98. The minimum Gasteiger partial charge on any atom is -0.346 e. The highest BCUT2D eigenvalue weighted by molar-refractivity contribution is 5.95. The summed E-state index contributed by atoms with van der Waals surface area (Å²) in [4.78, 5) is 24.2. The first kappa shape index (κ1) is 14.4. The molecule has 1 aliphatic heterocycles. The zero-order valence-electron chi connectivity index (χ0n) is 11.8. The van der Waals surface area contributed by atoms with E-state index in [1.807, 2.05) is 18.2 Å². The lowest BCUT2D eigenvalue weighted by molar-refractivity contribution is -0.106. The van der Waals surface area contributed by atoms with E-state index in [0.29, 0.717) is 36.6 Å².